The van der Waals surface area contributed by atoms with Gasteiger partial charge < -0.3 is 10.6 Å². The van der Waals surface area contributed by atoms with E-state index in [1.165, 1.54) is 11.0 Å². The van der Waals surface area contributed by atoms with Crippen LogP contribution in [0, 0.1) is 19.3 Å². The number of amides is 3. The Balaban J connectivity index is 1.67. The summed E-state index contributed by atoms with van der Waals surface area (Å²) in [6.45, 7) is 3.79. The molecule has 1 aliphatic heterocycles. The first kappa shape index (κ1) is 29.1. The Morgan fingerprint density at radius 1 is 1.02 bits per heavy atom. The van der Waals surface area contributed by atoms with E-state index in [0.717, 1.165) is 18.2 Å². The SMILES string of the molecule is C#CC(=O)Nc1cccc([C@H]2c3c(C)nn(-c4ccccc4)c3N(CC)C(=O)[C@@H]2NC(=O)c2cccc(C(F)(F)F)c2)c1. The molecule has 2 heterocycles. The van der Waals surface area contributed by atoms with Crippen molar-refractivity contribution in [1.29, 1.82) is 0 Å². The molecule has 1 aromatic heterocycles. The molecule has 11 heteroatoms. The molecule has 0 saturated carbocycles. The zero-order valence-electron chi connectivity index (χ0n) is 23.1. The highest BCUT2D eigenvalue weighted by Crippen LogP contribution is 2.44. The zero-order chi connectivity index (χ0) is 30.9. The molecule has 218 valence electrons. The van der Waals surface area contributed by atoms with Gasteiger partial charge in [-0.1, -0.05) is 36.4 Å². The number of halogens is 3. The second-order valence-electron chi connectivity index (χ2n) is 9.88. The van der Waals surface area contributed by atoms with Crippen LogP contribution in [0.4, 0.5) is 24.7 Å². The van der Waals surface area contributed by atoms with Gasteiger partial charge in [0.2, 0.25) is 0 Å². The van der Waals surface area contributed by atoms with Crippen molar-refractivity contribution in [3.63, 3.8) is 0 Å². The minimum atomic E-state index is -4.65. The number of fused-ring (bicyclic) bond motifs is 1. The number of aryl methyl sites for hydroxylation is 1. The van der Waals surface area contributed by atoms with Crippen LogP contribution in [0.25, 0.3) is 5.69 Å². The largest absolute Gasteiger partial charge is 0.416 e. The maximum Gasteiger partial charge on any atom is 0.416 e. The summed E-state index contributed by atoms with van der Waals surface area (Å²) < 4.78 is 41.8. The number of aromatic nitrogens is 2. The summed E-state index contributed by atoms with van der Waals surface area (Å²) in [7, 11) is 0. The van der Waals surface area contributed by atoms with Crippen molar-refractivity contribution in [2.45, 2.75) is 32.0 Å². The van der Waals surface area contributed by atoms with E-state index in [-0.39, 0.29) is 12.1 Å². The standard InChI is InChI=1S/C32H26F3N5O3/c1-4-25(41)36-23-14-10-11-20(18-23)27-26-19(3)38-40(24-15-7-6-8-16-24)30(26)39(5-2)31(43)28(27)37-29(42)21-12-9-13-22(17-21)32(33,34)35/h1,6-18,27-28H,5H2,2-3H3,(H,36,41)(H,37,42)/t27-,28+/m0/s1. The molecule has 4 aromatic rings. The molecule has 0 spiro atoms. The van der Waals surface area contributed by atoms with Gasteiger partial charge >= 0.3 is 6.18 Å². The molecular formula is C32H26F3N5O3. The molecule has 0 saturated heterocycles. The van der Waals surface area contributed by atoms with Crippen molar-refractivity contribution in [1.82, 2.24) is 15.1 Å². The molecule has 43 heavy (non-hydrogen) atoms. The summed E-state index contributed by atoms with van der Waals surface area (Å²) in [5.74, 6) is -0.324. The number of carbonyl (C=O) groups excluding carboxylic acids is 3. The smallest absolute Gasteiger partial charge is 0.339 e. The van der Waals surface area contributed by atoms with Crippen LogP contribution in [0.3, 0.4) is 0 Å². The Bertz CT molecular complexity index is 1760. The molecule has 0 fully saturated rings. The predicted molar refractivity (Wildman–Crippen MR) is 155 cm³/mol. The first-order valence-corrected chi connectivity index (χ1v) is 13.4. The van der Waals surface area contributed by atoms with Crippen LogP contribution in [0.5, 0.6) is 0 Å². The highest BCUT2D eigenvalue weighted by molar-refractivity contribution is 6.06. The molecule has 8 nitrogen and oxygen atoms in total. The van der Waals surface area contributed by atoms with Crippen molar-refractivity contribution in [3.8, 4) is 18.0 Å². The molecule has 0 unspecified atom stereocenters. The molecule has 2 N–H and O–H groups in total. The van der Waals surface area contributed by atoms with E-state index in [1.807, 2.05) is 36.3 Å². The van der Waals surface area contributed by atoms with Crippen molar-refractivity contribution in [3.05, 3.63) is 107 Å². The number of likely N-dealkylation sites (N-methyl/N-ethyl adjacent to an activating group) is 1. The number of terminal acetylenes is 1. The van der Waals surface area contributed by atoms with Gasteiger partial charge in [-0.2, -0.15) is 18.3 Å². The zero-order valence-corrected chi connectivity index (χ0v) is 23.1. The lowest BCUT2D eigenvalue weighted by Crippen LogP contribution is -2.55. The second-order valence-corrected chi connectivity index (χ2v) is 9.88. The van der Waals surface area contributed by atoms with E-state index in [9.17, 15) is 27.6 Å². The monoisotopic (exact) mass is 585 g/mol. The van der Waals surface area contributed by atoms with Crippen LogP contribution in [0.1, 0.15) is 45.6 Å². The van der Waals surface area contributed by atoms with Crippen LogP contribution >= 0.6 is 0 Å². The summed E-state index contributed by atoms with van der Waals surface area (Å²) in [6, 6.07) is 18.7. The maximum atomic E-state index is 14.2. The molecule has 2 atom stereocenters. The fraction of sp³-hybridized carbons (Fsp3) is 0.188. The Morgan fingerprint density at radius 2 is 1.74 bits per heavy atom. The van der Waals surface area contributed by atoms with Crippen LogP contribution in [-0.2, 0) is 15.8 Å². The van der Waals surface area contributed by atoms with Gasteiger partial charge in [-0.05, 0) is 67.8 Å². The lowest BCUT2D eigenvalue weighted by atomic mass is 9.81. The van der Waals surface area contributed by atoms with Gasteiger partial charge in [0.15, 0.2) is 0 Å². The molecule has 0 bridgehead atoms. The Labute approximate surface area is 245 Å². The molecule has 3 aromatic carbocycles. The highest BCUT2D eigenvalue weighted by atomic mass is 19.4. The van der Waals surface area contributed by atoms with Crippen LogP contribution in [0.15, 0.2) is 78.9 Å². The predicted octanol–water partition coefficient (Wildman–Crippen LogP) is 5.07. The van der Waals surface area contributed by atoms with Crippen molar-refractivity contribution in [2.75, 3.05) is 16.8 Å². The van der Waals surface area contributed by atoms with E-state index in [1.54, 1.807) is 42.8 Å². The van der Waals surface area contributed by atoms with Crippen molar-refractivity contribution < 1.29 is 27.6 Å². The topological polar surface area (TPSA) is 96.3 Å². The average molecular weight is 586 g/mol. The Kier molecular flexibility index (Phi) is 7.78. The molecule has 1 aliphatic rings. The normalized spacial score (nSPS) is 16.3. The third kappa shape index (κ3) is 5.59. The first-order valence-electron chi connectivity index (χ1n) is 13.4. The molecule has 5 rings (SSSR count). The summed E-state index contributed by atoms with van der Waals surface area (Å²) >= 11 is 0. The van der Waals surface area contributed by atoms with Gasteiger partial charge in [0.05, 0.1) is 16.9 Å². The van der Waals surface area contributed by atoms with Gasteiger partial charge in [0, 0.05) is 29.3 Å². The fourth-order valence-electron chi connectivity index (χ4n) is 5.33. The minimum Gasteiger partial charge on any atom is -0.339 e. The van der Waals surface area contributed by atoms with E-state index in [0.29, 0.717) is 34.0 Å². The Morgan fingerprint density at radius 3 is 2.42 bits per heavy atom. The summed E-state index contributed by atoms with van der Waals surface area (Å²) in [6.07, 6.45) is 0.566. The molecular weight excluding hydrogens is 559 g/mol. The van der Waals surface area contributed by atoms with E-state index >= 15 is 0 Å². The highest BCUT2D eigenvalue weighted by Gasteiger charge is 2.45. The number of nitrogens with zero attached hydrogens (tertiary/aromatic N) is 3. The number of anilines is 2. The summed E-state index contributed by atoms with van der Waals surface area (Å²) in [5.41, 5.74) is 1.60. The molecule has 0 aliphatic carbocycles. The molecule has 3 amide bonds. The number of carbonyl (C=O) groups is 3. The summed E-state index contributed by atoms with van der Waals surface area (Å²) in [4.78, 5) is 41.0. The lowest BCUT2D eigenvalue weighted by Gasteiger charge is -2.38. The number of benzene rings is 3. The van der Waals surface area contributed by atoms with Gasteiger partial charge in [0.1, 0.15) is 11.9 Å². The van der Waals surface area contributed by atoms with Crippen LogP contribution in [0.2, 0.25) is 0 Å². The van der Waals surface area contributed by atoms with Crippen molar-refractivity contribution in [2.24, 2.45) is 0 Å². The minimum absolute atomic E-state index is 0.227. The second kappa shape index (κ2) is 11.5. The number of hydrogen-bond acceptors (Lipinski definition) is 4. The van der Waals surface area contributed by atoms with Crippen LogP contribution in [-0.4, -0.2) is 40.1 Å². The lowest BCUT2D eigenvalue weighted by molar-refractivity contribution is -0.137. The number of rotatable bonds is 6. The maximum absolute atomic E-state index is 14.2. The summed E-state index contributed by atoms with van der Waals surface area (Å²) in [5, 5.41) is 10.1. The average Bonchev–Trinajstić information content (AvgIpc) is 3.34. The van der Waals surface area contributed by atoms with Gasteiger partial charge in [0.25, 0.3) is 17.7 Å². The van der Waals surface area contributed by atoms with Gasteiger partial charge in [-0.25, -0.2) is 4.68 Å². The number of hydrogen-bond donors (Lipinski definition) is 2. The van der Waals surface area contributed by atoms with Crippen molar-refractivity contribution >= 4 is 29.2 Å². The number of nitrogens with one attached hydrogen (secondary N) is 2. The van der Waals surface area contributed by atoms with E-state index < -0.39 is 41.4 Å². The van der Waals surface area contributed by atoms with Gasteiger partial charge in [-0.15, -0.1) is 6.42 Å². The van der Waals surface area contributed by atoms with E-state index in [4.69, 9.17) is 11.5 Å². The quantitative estimate of drug-likeness (QED) is 0.309. The fourth-order valence-corrected chi connectivity index (χ4v) is 5.33. The van der Waals surface area contributed by atoms with Crippen LogP contribution < -0.4 is 15.5 Å². The molecule has 0 radical (unpaired) electrons. The van der Waals surface area contributed by atoms with Gasteiger partial charge in [-0.3, -0.25) is 19.3 Å². The first-order chi connectivity index (χ1) is 20.5. The number of alkyl halides is 3. The number of para-hydroxylation sites is 1. The third-order valence-corrected chi connectivity index (χ3v) is 7.20. The van der Waals surface area contributed by atoms with E-state index in [2.05, 4.69) is 10.6 Å². The Hall–Kier alpha value is -5.37. The third-order valence-electron chi connectivity index (χ3n) is 7.20.